The first-order valence-corrected chi connectivity index (χ1v) is 16.1. The van der Waals surface area contributed by atoms with Gasteiger partial charge in [-0.2, -0.15) is 0 Å². The van der Waals surface area contributed by atoms with E-state index in [1.54, 1.807) is 25.7 Å². The van der Waals surface area contributed by atoms with Crippen LogP contribution in [0.2, 0.25) is 0 Å². The van der Waals surface area contributed by atoms with Gasteiger partial charge in [0.15, 0.2) is 0 Å². The summed E-state index contributed by atoms with van der Waals surface area (Å²) in [5, 5.41) is 4.19. The molecule has 0 radical (unpaired) electrons. The van der Waals surface area contributed by atoms with E-state index in [-0.39, 0.29) is 0 Å². The van der Waals surface area contributed by atoms with E-state index in [9.17, 15) is 0 Å². The van der Waals surface area contributed by atoms with E-state index in [4.69, 9.17) is 0 Å². The molecule has 4 aliphatic carbocycles. The normalized spacial score (nSPS) is 53.1. The Morgan fingerprint density at radius 1 is 0.423 bits per heavy atom. The summed E-state index contributed by atoms with van der Waals surface area (Å²) < 4.78 is 0. The van der Waals surface area contributed by atoms with Crippen molar-refractivity contribution >= 4 is 43.2 Å². The van der Waals surface area contributed by atoms with Crippen molar-refractivity contribution in [1.29, 1.82) is 0 Å². The lowest BCUT2D eigenvalue weighted by Gasteiger charge is -2.56. The van der Waals surface area contributed by atoms with Crippen LogP contribution in [0.15, 0.2) is 0 Å². The molecule has 0 nitrogen and oxygen atoms in total. The summed E-state index contributed by atoms with van der Waals surface area (Å²) in [6.45, 7) is 8.00. The summed E-state index contributed by atoms with van der Waals surface area (Å²) in [6, 6.07) is 0. The van der Waals surface area contributed by atoms with Crippen LogP contribution >= 0.6 is 43.2 Å². The van der Waals surface area contributed by atoms with Gasteiger partial charge in [0.05, 0.1) is 0 Å². The second-order valence-electron chi connectivity index (χ2n) is 8.62. The van der Waals surface area contributed by atoms with Crippen molar-refractivity contribution in [3.8, 4) is 0 Å². The van der Waals surface area contributed by atoms with Crippen molar-refractivity contribution in [3.63, 3.8) is 0 Å². The van der Waals surface area contributed by atoms with Crippen LogP contribution in [0.3, 0.4) is 0 Å². The first-order valence-electron chi connectivity index (χ1n) is 11.6. The van der Waals surface area contributed by atoms with Crippen LogP contribution in [0.5, 0.6) is 0 Å². The minimum Gasteiger partial charge on any atom is -0.0898 e. The topological polar surface area (TPSA) is 0 Å². The molecule has 6 fully saturated rings. The van der Waals surface area contributed by atoms with Gasteiger partial charge in [0.25, 0.3) is 0 Å². The Morgan fingerprint density at radius 2 is 0.654 bits per heavy atom. The van der Waals surface area contributed by atoms with E-state index in [1.165, 1.54) is 25.7 Å². The highest BCUT2D eigenvalue weighted by Crippen LogP contribution is 2.74. The average molecular weight is 431 g/mol. The number of hydrogen-bond acceptors (Lipinski definition) is 4. The zero-order valence-corrected chi connectivity index (χ0v) is 20.3. The molecule has 2 saturated heterocycles. The predicted octanol–water partition coefficient (Wildman–Crippen LogP) is 8.18. The minimum atomic E-state index is 1.05. The summed E-state index contributed by atoms with van der Waals surface area (Å²) in [4.78, 5) is 0. The lowest BCUT2D eigenvalue weighted by molar-refractivity contribution is 0.0256. The van der Waals surface area contributed by atoms with Crippen molar-refractivity contribution in [1.82, 2.24) is 0 Å². The molecule has 6 rings (SSSR count). The molecule has 2 heterocycles. The maximum atomic E-state index is 2.37. The molecule has 0 aromatic carbocycles. The highest BCUT2D eigenvalue weighted by atomic mass is 33.1. The van der Waals surface area contributed by atoms with Crippen molar-refractivity contribution < 1.29 is 0 Å². The fourth-order valence-electron chi connectivity index (χ4n) is 7.20. The van der Waals surface area contributed by atoms with Crippen molar-refractivity contribution in [3.05, 3.63) is 0 Å². The molecule has 0 spiro atoms. The molecule has 6 aliphatic rings. The summed E-state index contributed by atoms with van der Waals surface area (Å²) >= 11 is 0. The van der Waals surface area contributed by atoms with E-state index in [0.29, 0.717) is 0 Å². The van der Waals surface area contributed by atoms with Gasteiger partial charge in [-0.25, -0.2) is 0 Å². The lowest BCUT2D eigenvalue weighted by atomic mass is 9.53. The molecule has 26 heavy (non-hydrogen) atoms. The Labute approximate surface area is 178 Å². The van der Waals surface area contributed by atoms with Crippen LogP contribution in [-0.2, 0) is 0 Å². The third kappa shape index (κ3) is 3.14. The first-order chi connectivity index (χ1) is 12.9. The van der Waals surface area contributed by atoms with Gasteiger partial charge < -0.3 is 0 Å². The largest absolute Gasteiger partial charge is 0.0898 e. The van der Waals surface area contributed by atoms with Crippen molar-refractivity contribution in [2.24, 2.45) is 35.5 Å². The summed E-state index contributed by atoms with van der Waals surface area (Å²) in [5.41, 5.74) is 0. The van der Waals surface area contributed by atoms with E-state index in [2.05, 4.69) is 43.2 Å². The molecular weight excluding hydrogens is 393 g/mol. The molecule has 8 atom stereocenters. The van der Waals surface area contributed by atoms with E-state index in [1.807, 2.05) is 27.7 Å². The van der Waals surface area contributed by atoms with Crippen molar-refractivity contribution in [2.45, 2.75) is 100 Å². The molecule has 4 saturated carbocycles. The molecule has 0 aromatic heterocycles. The Morgan fingerprint density at radius 3 is 0.885 bits per heavy atom. The molecule has 8 unspecified atom stereocenters. The molecule has 0 amide bonds. The van der Waals surface area contributed by atoms with Crippen LogP contribution in [0.25, 0.3) is 0 Å². The van der Waals surface area contributed by atoms with Gasteiger partial charge in [-0.1, -0.05) is 96.6 Å². The van der Waals surface area contributed by atoms with Gasteiger partial charge in [0, 0.05) is 21.0 Å². The van der Waals surface area contributed by atoms with Crippen LogP contribution in [0.4, 0.5) is 0 Å². The van der Waals surface area contributed by atoms with E-state index in [0.717, 1.165) is 56.5 Å². The highest BCUT2D eigenvalue weighted by Gasteiger charge is 2.66. The molecular formula is C22H38S4. The lowest BCUT2D eigenvalue weighted by Crippen LogP contribution is -2.59. The number of rotatable bonds is 0. The number of hydrogen-bond donors (Lipinski definition) is 0. The van der Waals surface area contributed by atoms with Crippen molar-refractivity contribution in [2.75, 3.05) is 0 Å². The van der Waals surface area contributed by atoms with Gasteiger partial charge in [-0.3, -0.25) is 0 Å². The molecule has 150 valence electrons. The van der Waals surface area contributed by atoms with Gasteiger partial charge in [0.2, 0.25) is 0 Å². The molecule has 0 aromatic rings. The van der Waals surface area contributed by atoms with E-state index >= 15 is 0 Å². The monoisotopic (exact) mass is 430 g/mol. The van der Waals surface area contributed by atoms with E-state index < -0.39 is 0 Å². The van der Waals surface area contributed by atoms with Crippen LogP contribution in [-0.4, -0.2) is 21.0 Å². The Hall–Kier alpha value is 1.40. The molecule has 0 N–H and O–H groups in total. The van der Waals surface area contributed by atoms with Gasteiger partial charge in [0.1, 0.15) is 0 Å². The average Bonchev–Trinajstić information content (AvgIpc) is 3.36. The molecule has 2 aliphatic heterocycles. The SMILES string of the molecule is C1CCC2C(C1)C1SSC3C4CCCCC4C4SSC2C4C13.CC.CC. The fourth-order valence-corrected chi connectivity index (χ4v) is 16.5. The highest BCUT2D eigenvalue weighted by molar-refractivity contribution is 8.78. The summed E-state index contributed by atoms with van der Waals surface area (Å²) in [5.74, 6) is 6.57. The summed E-state index contributed by atoms with van der Waals surface area (Å²) in [6.07, 6.45) is 12.4. The van der Waals surface area contributed by atoms with Crippen LogP contribution in [0, 0.1) is 35.5 Å². The number of fused-ring (bicyclic) bond motifs is 6. The third-order valence-corrected chi connectivity index (χ3v) is 15.1. The predicted molar refractivity (Wildman–Crippen MR) is 126 cm³/mol. The Kier molecular flexibility index (Phi) is 7.19. The zero-order chi connectivity index (χ0) is 18.3. The second-order valence-corrected chi connectivity index (χ2v) is 13.9. The third-order valence-electron chi connectivity index (χ3n) is 7.96. The van der Waals surface area contributed by atoms with Crippen LogP contribution in [0.1, 0.15) is 79.1 Å². The smallest absolute Gasteiger partial charge is 0.0225 e. The van der Waals surface area contributed by atoms with Crippen LogP contribution < -0.4 is 0 Å². The van der Waals surface area contributed by atoms with Gasteiger partial charge >= 0.3 is 0 Å². The first kappa shape index (κ1) is 20.7. The molecule has 4 heteroatoms. The molecule has 0 bridgehead atoms. The zero-order valence-electron chi connectivity index (χ0n) is 17.1. The quantitative estimate of drug-likeness (QED) is 0.355. The second kappa shape index (κ2) is 9.04. The fraction of sp³-hybridized carbons (Fsp3) is 1.00. The summed E-state index contributed by atoms with van der Waals surface area (Å²) in [7, 11) is 9.50. The Balaban J connectivity index is 0.000000396. The van der Waals surface area contributed by atoms with Gasteiger partial charge in [-0.05, 0) is 61.2 Å². The maximum Gasteiger partial charge on any atom is 0.0225 e. The Bertz CT molecular complexity index is 387. The standard InChI is InChI=1S/C18H26S4.2C2H6/c1-2-6-10-9(5-1)15-13-14-16(10)20-22-18(14)12-8-4-3-7-11(12)17(13)21-19-15;2*1-2/h9-18H,1-8H2;2*1-2H3. The maximum absolute atomic E-state index is 2.37. The minimum absolute atomic E-state index is 1.05. The van der Waals surface area contributed by atoms with Gasteiger partial charge in [-0.15, -0.1) is 0 Å².